The summed E-state index contributed by atoms with van der Waals surface area (Å²) < 4.78 is 2.13. The van der Waals surface area contributed by atoms with Gasteiger partial charge < -0.3 is 4.57 Å². The standard InChI is InChI=1S/C16H20N2O/c1-3-5-15(18-11-10-17-12-18)13-6-8-14(9-7-13)16(19)4-2/h6-12,15H,3-5H2,1-2H3. The minimum Gasteiger partial charge on any atom is -0.330 e. The van der Waals surface area contributed by atoms with Crippen LogP contribution in [0.15, 0.2) is 43.0 Å². The van der Waals surface area contributed by atoms with Gasteiger partial charge in [-0.3, -0.25) is 4.79 Å². The van der Waals surface area contributed by atoms with Crippen LogP contribution in [-0.4, -0.2) is 15.3 Å². The number of aromatic nitrogens is 2. The maximum absolute atomic E-state index is 11.6. The third-order valence-electron chi connectivity index (χ3n) is 3.39. The Labute approximate surface area is 114 Å². The predicted octanol–water partition coefficient (Wildman–Crippen LogP) is 3.87. The monoisotopic (exact) mass is 256 g/mol. The zero-order chi connectivity index (χ0) is 13.7. The number of ketones is 1. The lowest BCUT2D eigenvalue weighted by atomic mass is 9.99. The van der Waals surface area contributed by atoms with Crippen LogP contribution < -0.4 is 0 Å². The normalized spacial score (nSPS) is 12.3. The summed E-state index contributed by atoms with van der Waals surface area (Å²) in [5.74, 6) is 0.196. The fourth-order valence-corrected chi connectivity index (χ4v) is 2.31. The number of hydrogen-bond acceptors (Lipinski definition) is 2. The molecule has 1 aromatic carbocycles. The molecule has 19 heavy (non-hydrogen) atoms. The third-order valence-corrected chi connectivity index (χ3v) is 3.39. The SMILES string of the molecule is CCCC(c1ccc(C(=O)CC)cc1)n1ccnc1. The highest BCUT2D eigenvalue weighted by atomic mass is 16.1. The molecule has 0 aliphatic rings. The van der Waals surface area contributed by atoms with E-state index in [1.807, 2.05) is 31.6 Å². The Morgan fingerprint density at radius 1 is 1.26 bits per heavy atom. The van der Waals surface area contributed by atoms with E-state index in [9.17, 15) is 4.79 Å². The maximum atomic E-state index is 11.6. The molecular formula is C16H20N2O. The molecule has 1 aromatic heterocycles. The molecule has 2 aromatic rings. The van der Waals surface area contributed by atoms with Gasteiger partial charge in [0.25, 0.3) is 0 Å². The Bertz CT molecular complexity index is 514. The van der Waals surface area contributed by atoms with Crippen molar-refractivity contribution in [2.24, 2.45) is 0 Å². The van der Waals surface area contributed by atoms with Crippen molar-refractivity contribution in [1.29, 1.82) is 0 Å². The Morgan fingerprint density at radius 2 is 2.00 bits per heavy atom. The van der Waals surface area contributed by atoms with Gasteiger partial charge in [-0.25, -0.2) is 4.98 Å². The molecule has 2 rings (SSSR count). The van der Waals surface area contributed by atoms with Crippen LogP contribution in [0.2, 0.25) is 0 Å². The summed E-state index contributed by atoms with van der Waals surface area (Å²) in [4.78, 5) is 15.8. The quantitative estimate of drug-likeness (QED) is 0.735. The van der Waals surface area contributed by atoms with Gasteiger partial charge >= 0.3 is 0 Å². The summed E-state index contributed by atoms with van der Waals surface area (Å²) >= 11 is 0. The highest BCUT2D eigenvalue weighted by Crippen LogP contribution is 2.23. The molecule has 0 spiro atoms. The minimum atomic E-state index is 0.196. The fraction of sp³-hybridized carbons (Fsp3) is 0.375. The lowest BCUT2D eigenvalue weighted by Gasteiger charge is -2.18. The molecule has 0 aliphatic heterocycles. The summed E-state index contributed by atoms with van der Waals surface area (Å²) in [7, 11) is 0. The van der Waals surface area contributed by atoms with Gasteiger partial charge in [0.15, 0.2) is 5.78 Å². The van der Waals surface area contributed by atoms with Crippen LogP contribution >= 0.6 is 0 Å². The van der Waals surface area contributed by atoms with Gasteiger partial charge in [0, 0.05) is 24.4 Å². The van der Waals surface area contributed by atoms with Gasteiger partial charge in [-0.2, -0.15) is 0 Å². The van der Waals surface area contributed by atoms with Crippen LogP contribution in [0, 0.1) is 0 Å². The van der Waals surface area contributed by atoms with Crippen molar-refractivity contribution in [1.82, 2.24) is 9.55 Å². The topological polar surface area (TPSA) is 34.9 Å². The summed E-state index contributed by atoms with van der Waals surface area (Å²) in [6, 6.07) is 8.28. The molecule has 1 heterocycles. The molecular weight excluding hydrogens is 236 g/mol. The zero-order valence-electron chi connectivity index (χ0n) is 11.5. The van der Waals surface area contributed by atoms with E-state index < -0.39 is 0 Å². The Hall–Kier alpha value is -1.90. The first kappa shape index (κ1) is 13.5. The van der Waals surface area contributed by atoms with E-state index in [4.69, 9.17) is 0 Å². The number of carbonyl (C=O) groups excluding carboxylic acids is 1. The first-order valence-electron chi connectivity index (χ1n) is 6.86. The van der Waals surface area contributed by atoms with Gasteiger partial charge in [0.1, 0.15) is 0 Å². The van der Waals surface area contributed by atoms with Gasteiger partial charge in [0.2, 0.25) is 0 Å². The molecule has 100 valence electrons. The highest BCUT2D eigenvalue weighted by molar-refractivity contribution is 5.95. The van der Waals surface area contributed by atoms with Crippen molar-refractivity contribution in [2.45, 2.75) is 39.2 Å². The number of nitrogens with zero attached hydrogens (tertiary/aromatic N) is 2. The molecule has 0 aliphatic carbocycles. The summed E-state index contributed by atoms with van der Waals surface area (Å²) in [5, 5.41) is 0. The van der Waals surface area contributed by atoms with Crippen LogP contribution in [0.3, 0.4) is 0 Å². The molecule has 0 N–H and O–H groups in total. The van der Waals surface area contributed by atoms with E-state index in [1.54, 1.807) is 6.20 Å². The number of benzene rings is 1. The van der Waals surface area contributed by atoms with E-state index in [-0.39, 0.29) is 5.78 Å². The zero-order valence-corrected chi connectivity index (χ0v) is 11.5. The fourth-order valence-electron chi connectivity index (χ4n) is 2.31. The molecule has 3 nitrogen and oxygen atoms in total. The van der Waals surface area contributed by atoms with Crippen LogP contribution in [0.4, 0.5) is 0 Å². The third kappa shape index (κ3) is 3.11. The number of Topliss-reactive ketones (excluding diaryl/α,β-unsaturated/α-hetero) is 1. The second-order valence-electron chi connectivity index (χ2n) is 4.71. The minimum absolute atomic E-state index is 0.196. The van der Waals surface area contributed by atoms with Crippen LogP contribution in [0.5, 0.6) is 0 Å². The van der Waals surface area contributed by atoms with Crippen LogP contribution in [-0.2, 0) is 0 Å². The van der Waals surface area contributed by atoms with Crippen LogP contribution in [0.1, 0.15) is 55.1 Å². The molecule has 0 amide bonds. The molecule has 1 atom stereocenters. The number of carbonyl (C=O) groups is 1. The van der Waals surface area contributed by atoms with Crippen molar-refractivity contribution in [3.05, 3.63) is 54.1 Å². The number of imidazole rings is 1. The molecule has 1 unspecified atom stereocenters. The Kier molecular flexibility index (Phi) is 4.50. The molecule has 3 heteroatoms. The summed E-state index contributed by atoms with van der Waals surface area (Å²) in [6.07, 6.45) is 8.38. The lowest BCUT2D eigenvalue weighted by Crippen LogP contribution is -2.09. The Morgan fingerprint density at radius 3 is 2.53 bits per heavy atom. The van der Waals surface area contributed by atoms with Gasteiger partial charge in [-0.15, -0.1) is 0 Å². The molecule has 0 saturated carbocycles. The second-order valence-corrected chi connectivity index (χ2v) is 4.71. The molecule has 0 fully saturated rings. The van der Waals surface area contributed by atoms with E-state index >= 15 is 0 Å². The van der Waals surface area contributed by atoms with Gasteiger partial charge in [-0.05, 0) is 12.0 Å². The highest BCUT2D eigenvalue weighted by Gasteiger charge is 2.12. The lowest BCUT2D eigenvalue weighted by molar-refractivity contribution is 0.0988. The molecule has 0 radical (unpaired) electrons. The van der Waals surface area contributed by atoms with E-state index in [0.717, 1.165) is 18.4 Å². The van der Waals surface area contributed by atoms with E-state index in [0.29, 0.717) is 12.5 Å². The van der Waals surface area contributed by atoms with Gasteiger partial charge in [0.05, 0.1) is 12.4 Å². The van der Waals surface area contributed by atoms with Crippen molar-refractivity contribution in [3.8, 4) is 0 Å². The largest absolute Gasteiger partial charge is 0.330 e. The summed E-state index contributed by atoms with van der Waals surface area (Å²) in [5.41, 5.74) is 2.03. The summed E-state index contributed by atoms with van der Waals surface area (Å²) in [6.45, 7) is 4.07. The van der Waals surface area contributed by atoms with Crippen molar-refractivity contribution >= 4 is 5.78 Å². The van der Waals surface area contributed by atoms with E-state index in [1.165, 1.54) is 5.56 Å². The average molecular weight is 256 g/mol. The first-order valence-corrected chi connectivity index (χ1v) is 6.86. The first-order chi connectivity index (χ1) is 9.26. The maximum Gasteiger partial charge on any atom is 0.162 e. The van der Waals surface area contributed by atoms with Gasteiger partial charge in [-0.1, -0.05) is 44.5 Å². The smallest absolute Gasteiger partial charge is 0.162 e. The van der Waals surface area contributed by atoms with Crippen LogP contribution in [0.25, 0.3) is 0 Å². The van der Waals surface area contributed by atoms with Crippen molar-refractivity contribution < 1.29 is 4.79 Å². The predicted molar refractivity (Wildman–Crippen MR) is 76.3 cm³/mol. The molecule has 0 bridgehead atoms. The van der Waals surface area contributed by atoms with E-state index in [2.05, 4.69) is 28.6 Å². The van der Waals surface area contributed by atoms with Crippen molar-refractivity contribution in [3.63, 3.8) is 0 Å². The number of hydrogen-bond donors (Lipinski definition) is 0. The van der Waals surface area contributed by atoms with Crippen molar-refractivity contribution in [2.75, 3.05) is 0 Å². The second kappa shape index (κ2) is 6.32. The Balaban J connectivity index is 2.25. The number of rotatable bonds is 6. The average Bonchev–Trinajstić information content (AvgIpc) is 2.98. The molecule has 0 saturated heterocycles.